The Labute approximate surface area is 161 Å². The number of carbonyl (C=O) groups excluding carboxylic acids is 2. The third-order valence-corrected chi connectivity index (χ3v) is 6.57. The van der Waals surface area contributed by atoms with E-state index in [0.717, 1.165) is 5.57 Å². The number of Topliss-reactive ketones (excluding diaryl/α,β-unsaturated/α-hetero) is 2. The van der Waals surface area contributed by atoms with Crippen LogP contribution in [-0.2, 0) is 18.8 Å². The van der Waals surface area contributed by atoms with E-state index in [9.17, 15) is 19.8 Å². The zero-order valence-corrected chi connectivity index (χ0v) is 18.0. The van der Waals surface area contributed by atoms with E-state index in [1.54, 1.807) is 6.92 Å². The predicted molar refractivity (Wildman–Crippen MR) is 102 cm³/mol. The smallest absolute Gasteiger partial charge is 0.189 e. The van der Waals surface area contributed by atoms with Crippen LogP contribution in [0.3, 0.4) is 0 Å². The molecule has 0 aliphatic heterocycles. The largest absolute Gasteiger partial charge is 0.390 e. The molecule has 0 fully saturated rings. The fraction of sp³-hybridized carbons (Fsp3) is 0.700. The Morgan fingerprint density at radius 1 is 1.22 bits per heavy atom. The van der Waals surface area contributed by atoms with E-state index in [-0.39, 0.29) is 35.6 Å². The minimum atomic E-state index is -2.13. The second kappa shape index (κ2) is 6.45. The molecule has 7 heteroatoms. The first-order valence-electron chi connectivity index (χ1n) is 9.46. The molecule has 0 amide bonds. The van der Waals surface area contributed by atoms with Gasteiger partial charge in [-0.05, 0) is 46.0 Å². The molecule has 0 aromatic carbocycles. The first kappa shape index (κ1) is 20.6. The molecule has 0 bridgehead atoms. The number of hydrogen-bond acceptors (Lipinski definition) is 6. The van der Waals surface area contributed by atoms with E-state index in [0.29, 0.717) is 6.42 Å². The molecule has 0 saturated carbocycles. The molecule has 1 unspecified atom stereocenters. The van der Waals surface area contributed by atoms with Gasteiger partial charge in [-0.2, -0.15) is 0 Å². The van der Waals surface area contributed by atoms with Crippen LogP contribution < -0.4 is 0 Å². The third-order valence-electron chi connectivity index (χ3n) is 5.64. The summed E-state index contributed by atoms with van der Waals surface area (Å²) in [7, 11) is -0.629. The Hall–Kier alpha value is -1.12. The van der Waals surface area contributed by atoms with Gasteiger partial charge < -0.3 is 19.4 Å². The van der Waals surface area contributed by atoms with Gasteiger partial charge in [-0.3, -0.25) is 9.59 Å². The Balaban J connectivity index is 2.16. The lowest BCUT2D eigenvalue weighted by molar-refractivity contribution is -0.192. The van der Waals surface area contributed by atoms with Crippen LogP contribution in [0, 0.1) is 11.8 Å². The maximum absolute atomic E-state index is 13.5. The molecule has 0 heterocycles. The predicted octanol–water partition coefficient (Wildman–Crippen LogP) is 2.12. The van der Waals surface area contributed by atoms with Crippen LogP contribution in [0.25, 0.3) is 0 Å². The number of aliphatic hydroxyl groups is 2. The van der Waals surface area contributed by atoms with Gasteiger partial charge in [0.15, 0.2) is 25.7 Å². The second-order valence-corrected chi connectivity index (χ2v) is 13.9. The highest BCUT2D eigenvalue weighted by atomic mass is 28.4. The lowest BCUT2D eigenvalue weighted by atomic mass is 9.61. The summed E-state index contributed by atoms with van der Waals surface area (Å²) in [5.74, 6) is -3.18. The Morgan fingerprint density at radius 2 is 1.85 bits per heavy atom. The highest BCUT2D eigenvalue weighted by Gasteiger charge is 2.59. The minimum absolute atomic E-state index is 0.0535. The molecular weight excluding hydrogens is 364 g/mol. The summed E-state index contributed by atoms with van der Waals surface area (Å²) in [6.45, 7) is 9.51. The molecule has 5 atom stereocenters. The van der Waals surface area contributed by atoms with Crippen molar-refractivity contribution in [3.63, 3.8) is 0 Å². The standard InChI is InChI=1S/C20H30O6Si/c1-11-7-12-16(20(8-11,25-3)26-27(4,5)6)18(23)13-9-19(2,24)10-14(21)15(13)17(12)22/h8,12,14,16,21,24H,7,9-10H2,1-6H3/t12-,14-,16+,19-,20?/m0/s1. The van der Waals surface area contributed by atoms with Gasteiger partial charge >= 0.3 is 0 Å². The summed E-state index contributed by atoms with van der Waals surface area (Å²) < 4.78 is 12.1. The number of fused-ring (bicyclic) bond motifs is 1. The van der Waals surface area contributed by atoms with Crippen LogP contribution >= 0.6 is 0 Å². The Morgan fingerprint density at radius 3 is 2.41 bits per heavy atom. The molecule has 27 heavy (non-hydrogen) atoms. The van der Waals surface area contributed by atoms with Crippen molar-refractivity contribution in [3.05, 3.63) is 22.8 Å². The van der Waals surface area contributed by atoms with Crippen molar-refractivity contribution in [1.82, 2.24) is 0 Å². The normalized spacial score (nSPS) is 39.9. The average molecular weight is 395 g/mol. The average Bonchev–Trinajstić information content (AvgIpc) is 2.48. The summed E-state index contributed by atoms with van der Waals surface area (Å²) in [5.41, 5.74) is 0.120. The van der Waals surface area contributed by atoms with Gasteiger partial charge in [0.25, 0.3) is 0 Å². The van der Waals surface area contributed by atoms with Gasteiger partial charge in [-0.15, -0.1) is 0 Å². The van der Waals surface area contributed by atoms with Crippen molar-refractivity contribution in [3.8, 4) is 0 Å². The molecule has 6 nitrogen and oxygen atoms in total. The van der Waals surface area contributed by atoms with Gasteiger partial charge in [-0.1, -0.05) is 5.57 Å². The SMILES string of the molecule is COC1(O[Si](C)(C)C)C=C(C)C[C@@H]2C(=O)C3=C(C[C@](C)(O)C[C@@H]3O)C(=O)[C@@H]21. The topological polar surface area (TPSA) is 93.1 Å². The highest BCUT2D eigenvalue weighted by Crippen LogP contribution is 2.50. The number of ether oxygens (including phenoxy) is 1. The highest BCUT2D eigenvalue weighted by molar-refractivity contribution is 6.69. The molecule has 3 aliphatic rings. The van der Waals surface area contributed by atoms with Crippen LogP contribution in [0.5, 0.6) is 0 Å². The molecular formula is C20H30O6Si. The van der Waals surface area contributed by atoms with E-state index >= 15 is 0 Å². The number of methoxy groups -OCH3 is 1. The van der Waals surface area contributed by atoms with Crippen LogP contribution in [0.2, 0.25) is 19.6 Å². The number of ketones is 2. The maximum Gasteiger partial charge on any atom is 0.189 e. The monoisotopic (exact) mass is 394 g/mol. The van der Waals surface area contributed by atoms with E-state index in [1.807, 2.05) is 32.6 Å². The molecule has 0 radical (unpaired) electrons. The van der Waals surface area contributed by atoms with Gasteiger partial charge in [0.2, 0.25) is 0 Å². The van der Waals surface area contributed by atoms with Gasteiger partial charge in [0, 0.05) is 37.0 Å². The number of allylic oxidation sites excluding steroid dienone is 1. The van der Waals surface area contributed by atoms with Crippen molar-refractivity contribution in [2.45, 2.75) is 70.2 Å². The number of rotatable bonds is 3. The van der Waals surface area contributed by atoms with Crippen molar-refractivity contribution in [2.24, 2.45) is 11.8 Å². The van der Waals surface area contributed by atoms with Crippen molar-refractivity contribution < 1.29 is 29.0 Å². The maximum atomic E-state index is 13.5. The van der Waals surface area contributed by atoms with E-state index < -0.39 is 37.6 Å². The van der Waals surface area contributed by atoms with Crippen molar-refractivity contribution in [2.75, 3.05) is 7.11 Å². The van der Waals surface area contributed by atoms with Crippen LogP contribution in [-0.4, -0.2) is 54.7 Å². The molecule has 150 valence electrons. The summed E-state index contributed by atoms with van der Waals surface area (Å²) in [4.78, 5) is 26.8. The van der Waals surface area contributed by atoms with Crippen LogP contribution in [0.15, 0.2) is 22.8 Å². The molecule has 3 rings (SSSR count). The second-order valence-electron chi connectivity index (χ2n) is 9.43. The van der Waals surface area contributed by atoms with Crippen molar-refractivity contribution >= 4 is 19.9 Å². The molecule has 3 aliphatic carbocycles. The molecule has 0 saturated heterocycles. The van der Waals surface area contributed by atoms with Crippen LogP contribution in [0.1, 0.15) is 33.1 Å². The number of aliphatic hydroxyl groups excluding tert-OH is 1. The van der Waals surface area contributed by atoms with E-state index in [4.69, 9.17) is 9.16 Å². The first-order chi connectivity index (χ1) is 12.3. The van der Waals surface area contributed by atoms with E-state index in [2.05, 4.69) is 0 Å². The zero-order chi connectivity index (χ0) is 20.4. The lowest BCUT2D eigenvalue weighted by Crippen LogP contribution is -2.60. The van der Waals surface area contributed by atoms with Gasteiger partial charge in [-0.25, -0.2) is 0 Å². The van der Waals surface area contributed by atoms with E-state index in [1.165, 1.54) is 7.11 Å². The number of hydrogen-bond donors (Lipinski definition) is 2. The zero-order valence-electron chi connectivity index (χ0n) is 17.0. The lowest BCUT2D eigenvalue weighted by Gasteiger charge is -2.50. The fourth-order valence-corrected chi connectivity index (χ4v) is 6.06. The quantitative estimate of drug-likeness (QED) is 0.433. The minimum Gasteiger partial charge on any atom is -0.390 e. The van der Waals surface area contributed by atoms with Gasteiger partial charge in [0.1, 0.15) is 0 Å². The molecule has 0 spiro atoms. The summed E-state index contributed by atoms with van der Waals surface area (Å²) in [6, 6.07) is 0. The summed E-state index contributed by atoms with van der Waals surface area (Å²) >= 11 is 0. The Bertz CT molecular complexity index is 744. The molecule has 0 aromatic heterocycles. The summed E-state index contributed by atoms with van der Waals surface area (Å²) in [5, 5.41) is 21.0. The Kier molecular flexibility index (Phi) is 4.93. The molecule has 2 N–H and O–H groups in total. The first-order valence-corrected chi connectivity index (χ1v) is 12.9. The van der Waals surface area contributed by atoms with Crippen molar-refractivity contribution in [1.29, 1.82) is 0 Å². The van der Waals surface area contributed by atoms with Gasteiger partial charge in [0.05, 0.1) is 17.6 Å². The molecule has 0 aromatic rings. The van der Waals surface area contributed by atoms with Crippen LogP contribution in [0.4, 0.5) is 0 Å². The summed E-state index contributed by atoms with van der Waals surface area (Å²) in [6.07, 6.45) is 1.26. The number of carbonyl (C=O) groups is 2. The third kappa shape index (κ3) is 3.51. The fourth-order valence-electron chi connectivity index (χ4n) is 4.83.